The number of aromatic amines is 2. The highest BCUT2D eigenvalue weighted by Gasteiger charge is 2.41. The Morgan fingerprint density at radius 2 is 1.11 bits per heavy atom. The number of H-pyrrole nitrogens is 2. The number of hydrogen-bond acceptors (Lipinski definition) is 9. The maximum absolute atomic E-state index is 13.6. The van der Waals surface area contributed by atoms with E-state index in [-0.39, 0.29) is 23.9 Å². The summed E-state index contributed by atoms with van der Waals surface area (Å²) >= 11 is 0. The number of imidazole rings is 2. The molecule has 2 aromatic heterocycles. The molecule has 0 unspecified atom stereocenters. The molecule has 0 bridgehead atoms. The number of carbonyl (C=O) groups is 4. The van der Waals surface area contributed by atoms with Gasteiger partial charge in [-0.3, -0.25) is 9.59 Å². The molecule has 4 aliphatic rings. The van der Waals surface area contributed by atoms with Crippen molar-refractivity contribution in [1.29, 1.82) is 0 Å². The lowest BCUT2D eigenvalue weighted by Crippen LogP contribution is -2.54. The number of likely N-dealkylation sites (tertiary alicyclic amines) is 2. The van der Waals surface area contributed by atoms with Crippen molar-refractivity contribution < 1.29 is 38.5 Å². The van der Waals surface area contributed by atoms with Crippen LogP contribution in [0.25, 0.3) is 0 Å². The van der Waals surface area contributed by atoms with Crippen LogP contribution in [0.5, 0.6) is 0 Å². The highest BCUT2D eigenvalue weighted by Crippen LogP contribution is 2.46. The summed E-state index contributed by atoms with van der Waals surface area (Å²) < 4.78 is 15.5. The average molecular weight is 769 g/mol. The normalized spacial score (nSPS) is 27.9. The first-order chi connectivity index (χ1) is 26.5. The molecule has 2 aromatic rings. The molecule has 16 heteroatoms. The van der Waals surface area contributed by atoms with Crippen molar-refractivity contribution in [1.82, 2.24) is 40.4 Å². The Balaban J connectivity index is 0.991. The highest BCUT2D eigenvalue weighted by molar-refractivity contribution is 5.87. The molecule has 0 radical (unpaired) electrons. The molecule has 6 rings (SSSR count). The number of nitrogens with zero attached hydrogens (tertiary/aromatic N) is 4. The number of amides is 4. The van der Waals surface area contributed by atoms with Gasteiger partial charge in [0.2, 0.25) is 11.8 Å². The van der Waals surface area contributed by atoms with Crippen LogP contribution < -0.4 is 10.6 Å². The Morgan fingerprint density at radius 3 is 1.49 bits per heavy atom. The van der Waals surface area contributed by atoms with Crippen LogP contribution in [-0.4, -0.2) is 118 Å². The zero-order valence-corrected chi connectivity index (χ0v) is 32.9. The van der Waals surface area contributed by atoms with Crippen molar-refractivity contribution in [3.8, 4) is 0 Å². The molecule has 304 valence electrons. The molecule has 2 aliphatic heterocycles. The van der Waals surface area contributed by atoms with Crippen LogP contribution in [0.4, 0.5) is 9.59 Å². The largest absolute Gasteiger partial charge is 0.465 e. The molecule has 4 fully saturated rings. The second-order valence-electron chi connectivity index (χ2n) is 15.9. The third-order valence-electron chi connectivity index (χ3n) is 12.9. The van der Waals surface area contributed by atoms with Crippen molar-refractivity contribution in [2.75, 3.05) is 34.4 Å². The third-order valence-corrected chi connectivity index (χ3v) is 12.9. The number of alkyl carbamates (subject to hydrolysis) is 1. The van der Waals surface area contributed by atoms with Gasteiger partial charge >= 0.3 is 12.2 Å². The summed E-state index contributed by atoms with van der Waals surface area (Å²) in [6, 6.07) is -2.23. The van der Waals surface area contributed by atoms with E-state index in [4.69, 9.17) is 24.2 Å². The van der Waals surface area contributed by atoms with Gasteiger partial charge in [0.25, 0.3) is 0 Å². The zero-order valence-electron chi connectivity index (χ0n) is 32.9. The fraction of sp³-hybridized carbons (Fsp3) is 0.744. The van der Waals surface area contributed by atoms with Crippen LogP contribution in [0.2, 0.25) is 0 Å². The van der Waals surface area contributed by atoms with Gasteiger partial charge in [-0.2, -0.15) is 0 Å². The summed E-state index contributed by atoms with van der Waals surface area (Å²) in [5, 5.41) is 14.3. The summed E-state index contributed by atoms with van der Waals surface area (Å²) in [4.78, 5) is 70.9. The van der Waals surface area contributed by atoms with E-state index in [1.165, 1.54) is 47.0 Å². The van der Waals surface area contributed by atoms with E-state index in [1.54, 1.807) is 18.7 Å². The van der Waals surface area contributed by atoms with Gasteiger partial charge in [-0.25, -0.2) is 19.6 Å². The summed E-state index contributed by atoms with van der Waals surface area (Å²) in [7, 11) is 4.27. The van der Waals surface area contributed by atoms with Gasteiger partial charge in [0.05, 0.1) is 42.8 Å². The molecule has 4 amide bonds. The molecule has 0 aromatic carbocycles. The minimum atomic E-state index is -1.25. The lowest BCUT2D eigenvalue weighted by molar-refractivity contribution is -0.138. The number of carboxylic acid groups (broad SMARTS) is 1. The van der Waals surface area contributed by atoms with Gasteiger partial charge in [0.1, 0.15) is 23.7 Å². The van der Waals surface area contributed by atoms with Crippen LogP contribution in [0, 0.1) is 11.8 Å². The third kappa shape index (κ3) is 9.11. The van der Waals surface area contributed by atoms with E-state index in [2.05, 4.69) is 20.6 Å². The van der Waals surface area contributed by atoms with Crippen LogP contribution >= 0.6 is 0 Å². The number of rotatable bonds is 13. The quantitative estimate of drug-likeness (QED) is 0.182. The van der Waals surface area contributed by atoms with E-state index >= 15 is 0 Å². The lowest BCUT2D eigenvalue weighted by atomic mass is 9.68. The van der Waals surface area contributed by atoms with Gasteiger partial charge in [-0.1, -0.05) is 0 Å². The fourth-order valence-corrected chi connectivity index (χ4v) is 9.57. The second-order valence-corrected chi connectivity index (χ2v) is 15.9. The smallest absolute Gasteiger partial charge is 0.407 e. The van der Waals surface area contributed by atoms with Crippen molar-refractivity contribution >= 4 is 24.0 Å². The maximum Gasteiger partial charge on any atom is 0.407 e. The highest BCUT2D eigenvalue weighted by atomic mass is 16.5. The number of hydrogen-bond donors (Lipinski definition) is 5. The van der Waals surface area contributed by atoms with Crippen molar-refractivity contribution in [3.63, 3.8) is 0 Å². The monoisotopic (exact) mass is 768 g/mol. The van der Waals surface area contributed by atoms with Crippen LogP contribution in [0.3, 0.4) is 0 Å². The van der Waals surface area contributed by atoms with Gasteiger partial charge in [0.15, 0.2) is 0 Å². The van der Waals surface area contributed by atoms with Crippen molar-refractivity contribution in [3.05, 3.63) is 35.4 Å². The predicted octanol–water partition coefficient (Wildman–Crippen LogP) is 5.14. The molecule has 16 nitrogen and oxygen atoms in total. The predicted molar refractivity (Wildman–Crippen MR) is 201 cm³/mol. The SMILES string of the molecule is COC(=O)N[C@H](C(=O)N1CCC[C@H]1c1nc(C2CCC(C3CCC(c4c[nH]c([C@@H]5CCCN5C(=O)[C@@H](NC(=O)O)[C@@H](C)OC)n4)CC3)CC2)c[nH]1)[C@@H](C)OC. The standard InChI is InChI=1S/C39H60N8O8/c1-22(53-3)32(44-38(50)51)36(48)46-18-6-8-30(46)34-40-20-28(42-34)26-14-10-24(11-15-26)25-12-16-27(17-13-25)29-21-41-35(43-29)31-9-7-19-47(31)37(49)33(23(2)54-4)45-39(52)55-5/h20-27,30-33,44H,6-19H2,1-5H3,(H,40,42)(H,41,43)(H,45,52)(H,50,51)/t22-,23-,24?,25?,26?,27?,30+,31+,32+,33+/m1/s1. The first-order valence-corrected chi connectivity index (χ1v) is 20.1. The first kappa shape index (κ1) is 40.5. The maximum atomic E-state index is 13.6. The van der Waals surface area contributed by atoms with E-state index in [0.717, 1.165) is 74.4 Å². The fourth-order valence-electron chi connectivity index (χ4n) is 9.57. The van der Waals surface area contributed by atoms with Gasteiger partial charge in [-0.15, -0.1) is 0 Å². The molecule has 0 spiro atoms. The van der Waals surface area contributed by atoms with Gasteiger partial charge in [-0.05, 0) is 103 Å². The number of nitrogens with one attached hydrogen (secondary N) is 4. The number of aromatic nitrogens is 4. The summed E-state index contributed by atoms with van der Waals surface area (Å²) in [5.41, 5.74) is 2.13. The van der Waals surface area contributed by atoms with E-state index in [9.17, 15) is 24.3 Å². The molecule has 2 aliphatic carbocycles. The summed E-state index contributed by atoms with van der Waals surface area (Å²) in [6.07, 6.45) is 13.4. The number of methoxy groups -OCH3 is 3. The average Bonchev–Trinajstić information content (AvgIpc) is 4.05. The van der Waals surface area contributed by atoms with Crippen LogP contribution in [0.1, 0.15) is 138 Å². The van der Waals surface area contributed by atoms with Crippen molar-refractivity contribution in [2.45, 2.75) is 139 Å². The van der Waals surface area contributed by atoms with E-state index in [0.29, 0.717) is 36.8 Å². The molecule has 2 saturated carbocycles. The molecule has 6 atom stereocenters. The van der Waals surface area contributed by atoms with E-state index in [1.807, 2.05) is 17.3 Å². The first-order valence-electron chi connectivity index (χ1n) is 20.1. The Hall–Kier alpha value is -4.18. The van der Waals surface area contributed by atoms with Gasteiger partial charge in [0, 0.05) is 51.5 Å². The Morgan fingerprint density at radius 1 is 0.691 bits per heavy atom. The van der Waals surface area contributed by atoms with Gasteiger partial charge < -0.3 is 49.7 Å². The molecule has 4 heterocycles. The Labute approximate surface area is 323 Å². The topological polar surface area (TPSA) is 204 Å². The lowest BCUT2D eigenvalue weighted by Gasteiger charge is -2.37. The Bertz CT molecular complexity index is 1620. The molecule has 55 heavy (non-hydrogen) atoms. The van der Waals surface area contributed by atoms with Crippen molar-refractivity contribution in [2.24, 2.45) is 11.8 Å². The molecule has 2 saturated heterocycles. The van der Waals surface area contributed by atoms with Crippen LogP contribution in [-0.2, 0) is 23.8 Å². The number of ether oxygens (including phenoxy) is 3. The second kappa shape index (κ2) is 18.2. The molecule has 5 N–H and O–H groups in total. The number of carbonyl (C=O) groups excluding carboxylic acids is 3. The van der Waals surface area contributed by atoms with Crippen LogP contribution in [0.15, 0.2) is 12.4 Å². The molecular weight excluding hydrogens is 708 g/mol. The molecular formula is C39H60N8O8. The minimum absolute atomic E-state index is 0.179. The van der Waals surface area contributed by atoms with E-state index < -0.39 is 36.5 Å². The minimum Gasteiger partial charge on any atom is -0.465 e. The zero-order chi connectivity index (χ0) is 39.2. The summed E-state index contributed by atoms with van der Waals surface area (Å²) in [6.45, 7) is 4.59. The Kier molecular flexibility index (Phi) is 13.4. The summed E-state index contributed by atoms with van der Waals surface area (Å²) in [5.74, 6) is 3.27.